The van der Waals surface area contributed by atoms with Crippen molar-refractivity contribution >= 4 is 17.6 Å². The summed E-state index contributed by atoms with van der Waals surface area (Å²) < 4.78 is 10.4. The maximum atomic E-state index is 12.8. The molecule has 0 radical (unpaired) electrons. The lowest BCUT2D eigenvalue weighted by molar-refractivity contribution is -0.132. The van der Waals surface area contributed by atoms with Gasteiger partial charge in [0.15, 0.2) is 11.6 Å². The fourth-order valence-corrected chi connectivity index (χ4v) is 3.76. The molecule has 33 heavy (non-hydrogen) atoms. The van der Waals surface area contributed by atoms with E-state index in [1.165, 1.54) is 11.2 Å². The number of furan rings is 1. The van der Waals surface area contributed by atoms with Gasteiger partial charge in [0.2, 0.25) is 5.91 Å². The monoisotopic (exact) mass is 449 g/mol. The summed E-state index contributed by atoms with van der Waals surface area (Å²) in [5, 5.41) is 8.75. The molecule has 1 aliphatic heterocycles. The van der Waals surface area contributed by atoms with Crippen LogP contribution in [0.3, 0.4) is 0 Å². The first-order valence-corrected chi connectivity index (χ1v) is 10.9. The standard InChI is InChI=1S/C24H27N5O4/c1-3-27(24(31)21-8-5-15-33-21)17-23(30)29-13-11-28(12-14-29)22-10-9-20(25-26-22)18-6-4-7-19(16-18)32-2/h4-10,15-16H,3,11-14,17H2,1-2H3. The second-order valence-corrected chi connectivity index (χ2v) is 7.67. The number of carbonyl (C=O) groups is 2. The Morgan fingerprint density at radius 2 is 1.88 bits per heavy atom. The van der Waals surface area contributed by atoms with E-state index in [0.717, 1.165) is 22.8 Å². The summed E-state index contributed by atoms with van der Waals surface area (Å²) in [5.41, 5.74) is 1.71. The number of likely N-dealkylation sites (N-methyl/N-ethyl adjacent to an activating group) is 1. The molecule has 9 heteroatoms. The van der Waals surface area contributed by atoms with E-state index in [2.05, 4.69) is 15.1 Å². The smallest absolute Gasteiger partial charge is 0.290 e. The SMILES string of the molecule is CCN(CC(=O)N1CCN(c2ccc(-c3cccc(OC)c3)nn2)CC1)C(=O)c1ccco1. The number of carbonyl (C=O) groups excluding carboxylic acids is 2. The highest BCUT2D eigenvalue weighted by molar-refractivity contribution is 5.94. The number of hydrogen-bond acceptors (Lipinski definition) is 7. The summed E-state index contributed by atoms with van der Waals surface area (Å²) in [5.74, 6) is 1.44. The zero-order chi connectivity index (χ0) is 23.2. The van der Waals surface area contributed by atoms with Gasteiger partial charge in [-0.15, -0.1) is 10.2 Å². The summed E-state index contributed by atoms with van der Waals surface area (Å²) >= 11 is 0. The normalized spacial score (nSPS) is 13.6. The first-order valence-electron chi connectivity index (χ1n) is 10.9. The number of ether oxygens (including phenoxy) is 1. The number of benzene rings is 1. The van der Waals surface area contributed by atoms with Crippen LogP contribution in [-0.2, 0) is 4.79 Å². The van der Waals surface area contributed by atoms with E-state index in [9.17, 15) is 9.59 Å². The van der Waals surface area contributed by atoms with Crippen LogP contribution in [0.25, 0.3) is 11.3 Å². The lowest BCUT2D eigenvalue weighted by Crippen LogP contribution is -2.52. The number of nitrogens with zero attached hydrogens (tertiary/aromatic N) is 5. The molecule has 0 N–H and O–H groups in total. The molecule has 0 unspecified atom stereocenters. The average molecular weight is 450 g/mol. The molecule has 1 aromatic carbocycles. The van der Waals surface area contributed by atoms with Crippen LogP contribution in [0, 0.1) is 0 Å². The summed E-state index contributed by atoms with van der Waals surface area (Å²) in [7, 11) is 1.63. The largest absolute Gasteiger partial charge is 0.497 e. The minimum atomic E-state index is -0.277. The van der Waals surface area contributed by atoms with E-state index in [1.807, 2.05) is 43.3 Å². The molecule has 3 heterocycles. The van der Waals surface area contributed by atoms with Crippen LogP contribution in [0.4, 0.5) is 5.82 Å². The van der Waals surface area contributed by atoms with Gasteiger partial charge in [-0.05, 0) is 43.3 Å². The Hall–Kier alpha value is -3.88. The molecule has 0 aliphatic carbocycles. The van der Waals surface area contributed by atoms with Gasteiger partial charge in [-0.2, -0.15) is 0 Å². The van der Waals surface area contributed by atoms with Gasteiger partial charge in [0.05, 0.1) is 19.1 Å². The maximum Gasteiger partial charge on any atom is 0.290 e. The van der Waals surface area contributed by atoms with E-state index in [0.29, 0.717) is 32.7 Å². The summed E-state index contributed by atoms with van der Waals surface area (Å²) in [6.45, 7) is 4.73. The van der Waals surface area contributed by atoms with Crippen LogP contribution < -0.4 is 9.64 Å². The van der Waals surface area contributed by atoms with Crippen molar-refractivity contribution in [3.63, 3.8) is 0 Å². The Morgan fingerprint density at radius 3 is 2.52 bits per heavy atom. The third-order valence-corrected chi connectivity index (χ3v) is 5.70. The first kappa shape index (κ1) is 22.3. The number of piperazine rings is 1. The van der Waals surface area contributed by atoms with Gasteiger partial charge < -0.3 is 23.9 Å². The van der Waals surface area contributed by atoms with Crippen molar-refractivity contribution in [2.24, 2.45) is 0 Å². The number of aromatic nitrogens is 2. The third-order valence-electron chi connectivity index (χ3n) is 5.70. The van der Waals surface area contributed by atoms with Crippen LogP contribution in [0.2, 0.25) is 0 Å². The Morgan fingerprint density at radius 1 is 1.06 bits per heavy atom. The molecule has 2 aromatic heterocycles. The first-order chi connectivity index (χ1) is 16.1. The highest BCUT2D eigenvalue weighted by Gasteiger charge is 2.26. The molecular formula is C24H27N5O4. The summed E-state index contributed by atoms with van der Waals surface area (Å²) in [6, 6.07) is 14.8. The Labute approximate surface area is 192 Å². The number of methoxy groups -OCH3 is 1. The minimum absolute atomic E-state index is 0.0328. The van der Waals surface area contributed by atoms with Crippen molar-refractivity contribution in [2.45, 2.75) is 6.92 Å². The molecular weight excluding hydrogens is 422 g/mol. The number of anilines is 1. The van der Waals surface area contributed by atoms with Gasteiger partial charge in [0.25, 0.3) is 5.91 Å². The molecule has 0 saturated carbocycles. The molecule has 2 amide bonds. The second-order valence-electron chi connectivity index (χ2n) is 7.67. The van der Waals surface area contributed by atoms with Crippen molar-refractivity contribution in [3.05, 3.63) is 60.6 Å². The highest BCUT2D eigenvalue weighted by atomic mass is 16.5. The van der Waals surface area contributed by atoms with Crippen molar-refractivity contribution in [2.75, 3.05) is 51.3 Å². The van der Waals surface area contributed by atoms with Crippen molar-refractivity contribution in [3.8, 4) is 17.0 Å². The van der Waals surface area contributed by atoms with Crippen LogP contribution in [0.1, 0.15) is 17.5 Å². The van der Waals surface area contributed by atoms with Gasteiger partial charge in [0, 0.05) is 38.3 Å². The molecule has 1 saturated heterocycles. The van der Waals surface area contributed by atoms with E-state index in [4.69, 9.17) is 9.15 Å². The zero-order valence-electron chi connectivity index (χ0n) is 18.8. The average Bonchev–Trinajstić information content (AvgIpc) is 3.42. The van der Waals surface area contributed by atoms with Gasteiger partial charge >= 0.3 is 0 Å². The predicted molar refractivity (Wildman–Crippen MR) is 123 cm³/mol. The molecule has 0 spiro atoms. The van der Waals surface area contributed by atoms with Crippen molar-refractivity contribution in [1.82, 2.24) is 20.0 Å². The number of hydrogen-bond donors (Lipinski definition) is 0. The van der Waals surface area contributed by atoms with Gasteiger partial charge in [-0.1, -0.05) is 12.1 Å². The van der Waals surface area contributed by atoms with Crippen LogP contribution in [0.15, 0.2) is 59.2 Å². The zero-order valence-corrected chi connectivity index (χ0v) is 18.8. The fraction of sp³-hybridized carbons (Fsp3) is 0.333. The van der Waals surface area contributed by atoms with E-state index >= 15 is 0 Å². The van der Waals surface area contributed by atoms with Crippen LogP contribution in [0.5, 0.6) is 5.75 Å². The molecule has 1 fully saturated rings. The van der Waals surface area contributed by atoms with Gasteiger partial charge in [0.1, 0.15) is 12.3 Å². The van der Waals surface area contributed by atoms with Crippen LogP contribution >= 0.6 is 0 Å². The molecule has 0 atom stereocenters. The summed E-state index contributed by atoms with van der Waals surface area (Å²) in [4.78, 5) is 30.7. The molecule has 172 valence electrons. The van der Waals surface area contributed by atoms with Crippen LogP contribution in [-0.4, -0.2) is 78.2 Å². The Bertz CT molecular complexity index is 1080. The third kappa shape index (κ3) is 5.14. The fourth-order valence-electron chi connectivity index (χ4n) is 3.76. The highest BCUT2D eigenvalue weighted by Crippen LogP contribution is 2.23. The number of amides is 2. The van der Waals surface area contributed by atoms with E-state index < -0.39 is 0 Å². The molecule has 3 aromatic rings. The minimum Gasteiger partial charge on any atom is -0.497 e. The number of rotatable bonds is 7. The van der Waals surface area contributed by atoms with Gasteiger partial charge in [-0.3, -0.25) is 9.59 Å². The predicted octanol–water partition coefficient (Wildman–Crippen LogP) is 2.56. The Balaban J connectivity index is 1.32. The molecule has 0 bridgehead atoms. The van der Waals surface area contributed by atoms with Gasteiger partial charge in [-0.25, -0.2) is 0 Å². The lowest BCUT2D eigenvalue weighted by Gasteiger charge is -2.36. The quantitative estimate of drug-likeness (QED) is 0.547. The maximum absolute atomic E-state index is 12.8. The van der Waals surface area contributed by atoms with Crippen molar-refractivity contribution < 1.29 is 18.7 Å². The molecule has 4 rings (SSSR count). The van der Waals surface area contributed by atoms with Crippen molar-refractivity contribution in [1.29, 1.82) is 0 Å². The second kappa shape index (κ2) is 10.2. The molecule has 9 nitrogen and oxygen atoms in total. The van der Waals surface area contributed by atoms with E-state index in [1.54, 1.807) is 24.1 Å². The Kier molecular flexibility index (Phi) is 6.87. The lowest BCUT2D eigenvalue weighted by atomic mass is 10.1. The topological polar surface area (TPSA) is 92.0 Å². The molecule has 1 aliphatic rings. The van der Waals surface area contributed by atoms with E-state index in [-0.39, 0.29) is 24.1 Å². The summed E-state index contributed by atoms with van der Waals surface area (Å²) in [6.07, 6.45) is 1.45.